The van der Waals surface area contributed by atoms with E-state index < -0.39 is 40.9 Å². The van der Waals surface area contributed by atoms with Crippen molar-refractivity contribution in [2.45, 2.75) is 45.4 Å². The fourth-order valence-electron chi connectivity index (χ4n) is 4.76. The minimum Gasteiger partial charge on any atom is -0.491 e. The van der Waals surface area contributed by atoms with Crippen LogP contribution in [0.3, 0.4) is 0 Å². The van der Waals surface area contributed by atoms with Gasteiger partial charge in [0.05, 0.1) is 12.5 Å². The van der Waals surface area contributed by atoms with E-state index in [0.29, 0.717) is 31.2 Å². The summed E-state index contributed by atoms with van der Waals surface area (Å²) in [4.78, 5) is 12.7. The summed E-state index contributed by atoms with van der Waals surface area (Å²) >= 11 is 0. The Balaban J connectivity index is 1.41. The molecule has 0 amide bonds. The van der Waals surface area contributed by atoms with E-state index in [4.69, 9.17) is 9.47 Å². The summed E-state index contributed by atoms with van der Waals surface area (Å²) in [6, 6.07) is 12.5. The lowest BCUT2D eigenvalue weighted by molar-refractivity contribution is -0.140. The zero-order valence-electron chi connectivity index (χ0n) is 20.7. The highest BCUT2D eigenvalue weighted by molar-refractivity contribution is 5.76. The summed E-state index contributed by atoms with van der Waals surface area (Å²) in [6.07, 6.45) is 5.36. The summed E-state index contributed by atoms with van der Waals surface area (Å²) in [5.74, 6) is -6.37. The molecule has 3 nitrogen and oxygen atoms in total. The van der Waals surface area contributed by atoms with Gasteiger partial charge in [-0.1, -0.05) is 42.5 Å². The molecule has 3 aromatic rings. The number of carbonyl (C=O) groups excluding carboxylic acids is 1. The lowest BCUT2D eigenvalue weighted by Crippen LogP contribution is -2.26. The van der Waals surface area contributed by atoms with Crippen LogP contribution in [0.15, 0.2) is 54.6 Å². The maximum absolute atomic E-state index is 14.8. The summed E-state index contributed by atoms with van der Waals surface area (Å²) in [7, 11) is 0. The highest BCUT2D eigenvalue weighted by Crippen LogP contribution is 2.39. The second-order valence-electron chi connectivity index (χ2n) is 9.04. The third-order valence-corrected chi connectivity index (χ3v) is 6.72. The van der Waals surface area contributed by atoms with Crippen molar-refractivity contribution in [3.63, 3.8) is 0 Å². The maximum Gasteiger partial charge on any atom is 0.314 e. The number of carbonyl (C=O) groups is 1. The quantitative estimate of drug-likeness (QED) is 0.182. The van der Waals surface area contributed by atoms with Crippen LogP contribution in [0, 0.1) is 29.2 Å². The molecule has 0 spiro atoms. The van der Waals surface area contributed by atoms with Gasteiger partial charge < -0.3 is 9.47 Å². The molecule has 4 rings (SSSR count). The fraction of sp³-hybridized carbons (Fsp3) is 0.300. The lowest BCUT2D eigenvalue weighted by Gasteiger charge is -2.28. The topological polar surface area (TPSA) is 35.5 Å². The van der Waals surface area contributed by atoms with Gasteiger partial charge in [0, 0.05) is 5.56 Å². The molecule has 194 valence electrons. The van der Waals surface area contributed by atoms with E-state index in [1.165, 1.54) is 24.3 Å². The summed E-state index contributed by atoms with van der Waals surface area (Å²) < 4.78 is 68.8. The van der Waals surface area contributed by atoms with Gasteiger partial charge >= 0.3 is 5.97 Å². The van der Waals surface area contributed by atoms with Gasteiger partial charge in [-0.25, -0.2) is 8.78 Å². The van der Waals surface area contributed by atoms with Crippen molar-refractivity contribution in [3.8, 4) is 22.6 Å². The van der Waals surface area contributed by atoms with Gasteiger partial charge in [0.1, 0.15) is 0 Å². The number of benzene rings is 3. The van der Waals surface area contributed by atoms with Gasteiger partial charge in [-0.05, 0) is 80.3 Å². The number of ether oxygens (including phenoxy) is 2. The molecule has 0 N–H and O–H groups in total. The van der Waals surface area contributed by atoms with Crippen molar-refractivity contribution in [1.82, 2.24) is 0 Å². The fourth-order valence-corrected chi connectivity index (χ4v) is 4.76. The van der Waals surface area contributed by atoms with Crippen LogP contribution in [0.5, 0.6) is 11.5 Å². The minimum atomic E-state index is -1.23. The van der Waals surface area contributed by atoms with Gasteiger partial charge in [-0.2, -0.15) is 8.78 Å². The van der Waals surface area contributed by atoms with E-state index in [9.17, 15) is 22.4 Å². The van der Waals surface area contributed by atoms with Crippen LogP contribution in [0.1, 0.15) is 56.6 Å². The summed E-state index contributed by atoms with van der Waals surface area (Å²) in [5.41, 5.74) is 1.74. The molecular weight excluding hydrogens is 484 g/mol. The average Bonchev–Trinajstić information content (AvgIpc) is 2.91. The van der Waals surface area contributed by atoms with Crippen molar-refractivity contribution in [2.24, 2.45) is 5.92 Å². The molecule has 0 unspecified atom stereocenters. The number of hydrogen-bond donors (Lipinski definition) is 0. The van der Waals surface area contributed by atoms with Crippen LogP contribution in [0.4, 0.5) is 17.6 Å². The van der Waals surface area contributed by atoms with Gasteiger partial charge in [-0.3, -0.25) is 4.79 Å². The van der Waals surface area contributed by atoms with Crippen molar-refractivity contribution >= 4 is 12.0 Å². The van der Waals surface area contributed by atoms with Crippen LogP contribution in [0.25, 0.3) is 17.2 Å². The van der Waals surface area contributed by atoms with E-state index in [1.807, 2.05) is 19.1 Å². The standard InChI is InChI=1S/C30H28F4O3/c1-3-5-18-6-8-19(9-7-18)23-15-17-25(29(34)27(23)32)37-30(35)21-12-10-20(11-13-21)22-14-16-24(36-4-2)28(33)26(22)31/h3,5-9,14-17,20-21H,4,10-13H2,1-2H3/b5-3+. The molecule has 1 aliphatic carbocycles. The number of halogens is 4. The first-order chi connectivity index (χ1) is 17.8. The highest BCUT2D eigenvalue weighted by Gasteiger charge is 2.31. The Hall–Kier alpha value is -3.61. The largest absolute Gasteiger partial charge is 0.491 e. The second kappa shape index (κ2) is 11.6. The van der Waals surface area contributed by atoms with Crippen molar-refractivity contribution in [2.75, 3.05) is 6.61 Å². The third-order valence-electron chi connectivity index (χ3n) is 6.72. The third kappa shape index (κ3) is 5.71. The van der Waals surface area contributed by atoms with E-state index in [1.54, 1.807) is 31.2 Å². The first-order valence-corrected chi connectivity index (χ1v) is 12.4. The molecule has 1 saturated carbocycles. The molecule has 3 aromatic carbocycles. The Labute approximate surface area is 213 Å². The molecule has 1 fully saturated rings. The molecule has 0 bridgehead atoms. The van der Waals surface area contributed by atoms with Gasteiger partial charge in [0.2, 0.25) is 11.6 Å². The number of esters is 1. The van der Waals surface area contributed by atoms with E-state index >= 15 is 0 Å². The molecule has 0 radical (unpaired) electrons. The number of hydrogen-bond acceptors (Lipinski definition) is 3. The first-order valence-electron chi connectivity index (χ1n) is 12.4. The zero-order chi connectivity index (χ0) is 26.5. The SMILES string of the molecule is C/C=C/c1ccc(-c2ccc(OC(=O)C3CCC(c4ccc(OCC)c(F)c4F)CC3)c(F)c2F)cc1. The van der Waals surface area contributed by atoms with E-state index in [-0.39, 0.29) is 29.4 Å². The molecule has 0 atom stereocenters. The van der Waals surface area contributed by atoms with Gasteiger partial charge in [0.15, 0.2) is 23.1 Å². The van der Waals surface area contributed by atoms with E-state index in [0.717, 1.165) is 5.56 Å². The number of allylic oxidation sites excluding steroid dienone is 1. The molecule has 1 aliphatic rings. The molecule has 7 heteroatoms. The average molecular weight is 513 g/mol. The maximum atomic E-state index is 14.8. The van der Waals surface area contributed by atoms with Crippen molar-refractivity contribution in [1.29, 1.82) is 0 Å². The molecule has 0 aliphatic heterocycles. The first kappa shape index (κ1) is 26.5. The van der Waals surface area contributed by atoms with Gasteiger partial charge in [0.25, 0.3) is 0 Å². The van der Waals surface area contributed by atoms with Crippen LogP contribution in [-0.4, -0.2) is 12.6 Å². The Kier molecular flexibility index (Phi) is 8.31. The Bertz CT molecular complexity index is 1290. The van der Waals surface area contributed by atoms with Gasteiger partial charge in [-0.15, -0.1) is 0 Å². The second-order valence-corrected chi connectivity index (χ2v) is 9.04. The van der Waals surface area contributed by atoms with Crippen LogP contribution in [-0.2, 0) is 4.79 Å². The summed E-state index contributed by atoms with van der Waals surface area (Å²) in [5, 5.41) is 0. The van der Waals surface area contributed by atoms with Crippen molar-refractivity contribution < 1.29 is 31.8 Å². The van der Waals surface area contributed by atoms with Crippen molar-refractivity contribution in [3.05, 3.63) is 89.0 Å². The Morgan fingerprint density at radius 1 is 0.838 bits per heavy atom. The lowest BCUT2D eigenvalue weighted by atomic mass is 9.78. The smallest absolute Gasteiger partial charge is 0.314 e. The monoisotopic (exact) mass is 512 g/mol. The van der Waals surface area contributed by atoms with Crippen LogP contribution >= 0.6 is 0 Å². The highest BCUT2D eigenvalue weighted by atomic mass is 19.2. The van der Waals surface area contributed by atoms with Crippen LogP contribution in [0.2, 0.25) is 0 Å². The predicted octanol–water partition coefficient (Wildman–Crippen LogP) is 8.22. The summed E-state index contributed by atoms with van der Waals surface area (Å²) in [6.45, 7) is 3.79. The molecule has 0 heterocycles. The zero-order valence-corrected chi connectivity index (χ0v) is 20.7. The Morgan fingerprint density at radius 2 is 1.49 bits per heavy atom. The molecule has 0 saturated heterocycles. The Morgan fingerprint density at radius 3 is 2.14 bits per heavy atom. The minimum absolute atomic E-state index is 0.0643. The van der Waals surface area contributed by atoms with Crippen LogP contribution < -0.4 is 9.47 Å². The molecule has 37 heavy (non-hydrogen) atoms. The predicted molar refractivity (Wildman–Crippen MR) is 134 cm³/mol. The van der Waals surface area contributed by atoms with E-state index in [2.05, 4.69) is 0 Å². The number of rotatable bonds is 7. The molecular formula is C30H28F4O3. The molecule has 0 aromatic heterocycles. The normalized spacial score (nSPS) is 17.7.